The maximum atomic E-state index is 2.64. The number of hydrogen-bond acceptors (Lipinski definition) is 1. The van der Waals surface area contributed by atoms with Gasteiger partial charge in [0.1, 0.15) is 0 Å². The minimum absolute atomic E-state index is 0.741. The summed E-state index contributed by atoms with van der Waals surface area (Å²) in [6.07, 6.45) is 5.00. The Hall–Kier alpha value is -0.820. The summed E-state index contributed by atoms with van der Waals surface area (Å²) in [5.74, 6) is 0. The quantitative estimate of drug-likeness (QED) is 0.646. The van der Waals surface area contributed by atoms with Gasteiger partial charge >= 0.3 is 0 Å². The van der Waals surface area contributed by atoms with E-state index >= 15 is 0 Å². The monoisotopic (exact) mass is 247 g/mol. The average Bonchev–Trinajstić information content (AvgIpc) is 2.43. The fraction of sp³-hybridized carbons (Fsp3) is 0.647. The molecule has 0 aliphatic carbocycles. The molecule has 0 fully saturated rings. The number of hydrogen-bond donors (Lipinski definition) is 0. The number of nitrogens with zero attached hydrogens (tertiary/aromatic N) is 1. The van der Waals surface area contributed by atoms with Gasteiger partial charge < -0.3 is 0 Å². The second kappa shape index (κ2) is 8.31. The highest BCUT2D eigenvalue weighted by atomic mass is 15.1. The van der Waals surface area contributed by atoms with Crippen molar-refractivity contribution in [1.29, 1.82) is 0 Å². The molecular weight excluding hydrogens is 218 g/mol. The largest absolute Gasteiger partial charge is 0.296 e. The van der Waals surface area contributed by atoms with Gasteiger partial charge in [0.2, 0.25) is 0 Å². The lowest BCUT2D eigenvalue weighted by atomic mass is 10.0. The molecule has 1 rings (SSSR count). The molecule has 0 aliphatic heterocycles. The molecule has 0 radical (unpaired) electrons. The fourth-order valence-electron chi connectivity index (χ4n) is 2.75. The van der Waals surface area contributed by atoms with Gasteiger partial charge in [0.05, 0.1) is 0 Å². The lowest BCUT2D eigenvalue weighted by Crippen LogP contribution is -2.34. The molecular formula is C17H29N. The van der Waals surface area contributed by atoms with Crippen LogP contribution in [0.4, 0.5) is 0 Å². The van der Waals surface area contributed by atoms with Crippen molar-refractivity contribution in [3.63, 3.8) is 0 Å². The standard InChI is InChI=1S/C17H29N/c1-5-11-17(7-3)18(8-4)14-16-13-10-9-12-15(16)6-2/h9-10,12-13,17H,5-8,11,14H2,1-4H3. The Morgan fingerprint density at radius 3 is 2.17 bits per heavy atom. The molecule has 1 nitrogen and oxygen atoms in total. The van der Waals surface area contributed by atoms with Crippen molar-refractivity contribution in [2.75, 3.05) is 6.54 Å². The summed E-state index contributed by atoms with van der Waals surface area (Å²) in [4.78, 5) is 2.64. The molecule has 1 unspecified atom stereocenters. The van der Waals surface area contributed by atoms with Gasteiger partial charge in [0.15, 0.2) is 0 Å². The smallest absolute Gasteiger partial charge is 0.0239 e. The van der Waals surface area contributed by atoms with Gasteiger partial charge in [0, 0.05) is 12.6 Å². The fourth-order valence-corrected chi connectivity index (χ4v) is 2.75. The molecule has 0 N–H and O–H groups in total. The van der Waals surface area contributed by atoms with E-state index in [1.165, 1.54) is 30.4 Å². The van der Waals surface area contributed by atoms with Gasteiger partial charge in [-0.05, 0) is 36.9 Å². The van der Waals surface area contributed by atoms with Crippen molar-refractivity contribution in [3.05, 3.63) is 35.4 Å². The number of rotatable bonds is 8. The molecule has 1 heteroatoms. The van der Waals surface area contributed by atoms with E-state index in [1.54, 1.807) is 0 Å². The van der Waals surface area contributed by atoms with Gasteiger partial charge in [-0.15, -0.1) is 0 Å². The van der Waals surface area contributed by atoms with E-state index in [0.29, 0.717) is 0 Å². The molecule has 0 aromatic heterocycles. The Balaban J connectivity index is 2.78. The summed E-state index contributed by atoms with van der Waals surface area (Å²) in [7, 11) is 0. The highest BCUT2D eigenvalue weighted by Gasteiger charge is 2.15. The van der Waals surface area contributed by atoms with E-state index in [1.807, 2.05) is 0 Å². The van der Waals surface area contributed by atoms with Gasteiger partial charge in [-0.2, -0.15) is 0 Å². The summed E-state index contributed by atoms with van der Waals surface area (Å²) in [5.41, 5.74) is 3.01. The maximum Gasteiger partial charge on any atom is 0.0239 e. The highest BCUT2D eigenvalue weighted by molar-refractivity contribution is 5.27. The molecule has 0 heterocycles. The molecule has 1 atom stereocenters. The van der Waals surface area contributed by atoms with Crippen molar-refractivity contribution >= 4 is 0 Å². The highest BCUT2D eigenvalue weighted by Crippen LogP contribution is 2.17. The Morgan fingerprint density at radius 1 is 1.00 bits per heavy atom. The molecule has 102 valence electrons. The number of benzene rings is 1. The van der Waals surface area contributed by atoms with Crippen LogP contribution in [0, 0.1) is 0 Å². The average molecular weight is 247 g/mol. The van der Waals surface area contributed by atoms with E-state index < -0.39 is 0 Å². The van der Waals surface area contributed by atoms with Gasteiger partial charge in [-0.25, -0.2) is 0 Å². The minimum atomic E-state index is 0.741. The normalized spacial score (nSPS) is 12.9. The first-order valence-corrected chi connectivity index (χ1v) is 7.57. The minimum Gasteiger partial charge on any atom is -0.296 e. The third kappa shape index (κ3) is 4.13. The first-order chi connectivity index (χ1) is 8.76. The molecule has 0 saturated carbocycles. The molecule has 0 bridgehead atoms. The number of aryl methyl sites for hydroxylation is 1. The Kier molecular flexibility index (Phi) is 7.04. The lowest BCUT2D eigenvalue weighted by Gasteiger charge is -2.30. The van der Waals surface area contributed by atoms with Gasteiger partial charge in [0.25, 0.3) is 0 Å². The summed E-state index contributed by atoms with van der Waals surface area (Å²) in [5, 5.41) is 0. The molecule has 1 aromatic carbocycles. The van der Waals surface area contributed by atoms with Crippen LogP contribution in [0.5, 0.6) is 0 Å². The Bertz CT molecular complexity index is 332. The molecule has 0 saturated heterocycles. The van der Waals surface area contributed by atoms with Gasteiger partial charge in [-0.3, -0.25) is 4.90 Å². The van der Waals surface area contributed by atoms with Crippen molar-refractivity contribution in [1.82, 2.24) is 4.90 Å². The van der Waals surface area contributed by atoms with Crippen LogP contribution < -0.4 is 0 Å². The molecule has 0 spiro atoms. The zero-order valence-corrected chi connectivity index (χ0v) is 12.6. The third-order valence-corrected chi connectivity index (χ3v) is 3.89. The first kappa shape index (κ1) is 15.2. The van der Waals surface area contributed by atoms with Crippen molar-refractivity contribution < 1.29 is 0 Å². The maximum absolute atomic E-state index is 2.64. The van der Waals surface area contributed by atoms with Crippen molar-refractivity contribution in [2.45, 2.75) is 66.0 Å². The zero-order chi connectivity index (χ0) is 13.4. The van der Waals surface area contributed by atoms with Crippen LogP contribution in [-0.2, 0) is 13.0 Å². The van der Waals surface area contributed by atoms with E-state index in [-0.39, 0.29) is 0 Å². The second-order valence-corrected chi connectivity index (χ2v) is 5.04. The van der Waals surface area contributed by atoms with Crippen LogP contribution in [0.1, 0.15) is 58.1 Å². The predicted octanol–water partition coefficient (Wildman–Crippen LogP) is 4.65. The van der Waals surface area contributed by atoms with Crippen LogP contribution in [0.25, 0.3) is 0 Å². The molecule has 0 amide bonds. The summed E-state index contributed by atoms with van der Waals surface area (Å²) >= 11 is 0. The van der Waals surface area contributed by atoms with Crippen LogP contribution in [0.2, 0.25) is 0 Å². The van der Waals surface area contributed by atoms with E-state index in [2.05, 4.69) is 56.9 Å². The molecule has 0 aliphatic rings. The van der Waals surface area contributed by atoms with Crippen LogP contribution in [-0.4, -0.2) is 17.5 Å². The summed E-state index contributed by atoms with van der Waals surface area (Å²) in [6.45, 7) is 11.4. The first-order valence-electron chi connectivity index (χ1n) is 7.57. The summed E-state index contributed by atoms with van der Waals surface area (Å²) in [6, 6.07) is 9.62. The van der Waals surface area contributed by atoms with Crippen LogP contribution >= 0.6 is 0 Å². The van der Waals surface area contributed by atoms with E-state index in [4.69, 9.17) is 0 Å². The van der Waals surface area contributed by atoms with Gasteiger partial charge in [-0.1, -0.05) is 58.4 Å². The van der Waals surface area contributed by atoms with Crippen LogP contribution in [0.3, 0.4) is 0 Å². The molecule has 18 heavy (non-hydrogen) atoms. The van der Waals surface area contributed by atoms with E-state index in [9.17, 15) is 0 Å². The second-order valence-electron chi connectivity index (χ2n) is 5.04. The topological polar surface area (TPSA) is 3.24 Å². The van der Waals surface area contributed by atoms with Crippen molar-refractivity contribution in [2.24, 2.45) is 0 Å². The van der Waals surface area contributed by atoms with Crippen LogP contribution in [0.15, 0.2) is 24.3 Å². The molecule has 1 aromatic rings. The zero-order valence-electron chi connectivity index (χ0n) is 12.6. The Morgan fingerprint density at radius 2 is 1.67 bits per heavy atom. The predicted molar refractivity (Wildman–Crippen MR) is 80.9 cm³/mol. The SMILES string of the molecule is CCCC(CC)N(CC)Cc1ccccc1CC. The van der Waals surface area contributed by atoms with Crippen molar-refractivity contribution in [3.8, 4) is 0 Å². The van der Waals surface area contributed by atoms with E-state index in [0.717, 1.165) is 25.6 Å². The lowest BCUT2D eigenvalue weighted by molar-refractivity contribution is 0.181. The third-order valence-electron chi connectivity index (χ3n) is 3.89. The Labute approximate surface area is 113 Å². The summed E-state index contributed by atoms with van der Waals surface area (Å²) < 4.78 is 0.